The van der Waals surface area contributed by atoms with E-state index in [4.69, 9.17) is 14.2 Å². The molecule has 0 unspecified atom stereocenters. The molecule has 0 N–H and O–H groups in total. The molecule has 8 heteroatoms. The molecule has 0 aliphatic heterocycles. The Morgan fingerprint density at radius 2 is 1.86 bits per heavy atom. The minimum atomic E-state index is -0.0152. The van der Waals surface area contributed by atoms with Gasteiger partial charge in [-0.25, -0.2) is 4.98 Å². The van der Waals surface area contributed by atoms with E-state index in [1.54, 1.807) is 24.8 Å². The van der Waals surface area contributed by atoms with Gasteiger partial charge >= 0.3 is 0 Å². The van der Waals surface area contributed by atoms with Crippen molar-refractivity contribution in [1.29, 1.82) is 0 Å². The molecule has 0 saturated carbocycles. The lowest BCUT2D eigenvalue weighted by Gasteiger charge is -2.08. The average Bonchev–Trinajstić information content (AvgIpc) is 3.49. The van der Waals surface area contributed by atoms with Crippen LogP contribution in [0.25, 0.3) is 16.6 Å². The van der Waals surface area contributed by atoms with E-state index >= 15 is 0 Å². The van der Waals surface area contributed by atoms with Gasteiger partial charge in [-0.05, 0) is 35.4 Å². The number of Topliss-reactive ketones (excluding diaryl/α,β-unsaturated/α-hetero) is 1. The monoisotopic (exact) mass is 470 g/mol. The highest BCUT2D eigenvalue weighted by Gasteiger charge is 2.16. The van der Waals surface area contributed by atoms with E-state index in [0.717, 1.165) is 27.8 Å². The second-order valence-corrected chi connectivity index (χ2v) is 8.18. The van der Waals surface area contributed by atoms with Gasteiger partial charge in [0.15, 0.2) is 5.78 Å². The number of methoxy groups -OCH3 is 2. The number of imidazole rings is 1. The van der Waals surface area contributed by atoms with Crippen molar-refractivity contribution in [3.8, 4) is 11.5 Å². The van der Waals surface area contributed by atoms with Crippen LogP contribution in [-0.2, 0) is 17.7 Å². The van der Waals surface area contributed by atoms with Gasteiger partial charge in [0, 0.05) is 31.2 Å². The van der Waals surface area contributed by atoms with E-state index in [1.807, 2.05) is 71.7 Å². The maximum Gasteiger partial charge on any atom is 0.185 e. The molecular weight excluding hydrogens is 444 g/mol. The molecule has 0 spiro atoms. The fourth-order valence-corrected chi connectivity index (χ4v) is 4.15. The third-order valence-corrected chi connectivity index (χ3v) is 5.92. The lowest BCUT2D eigenvalue weighted by atomic mass is 10.0. The van der Waals surface area contributed by atoms with Crippen molar-refractivity contribution in [1.82, 2.24) is 19.2 Å². The Bertz CT molecular complexity index is 1490. The van der Waals surface area contributed by atoms with Crippen LogP contribution in [0.15, 0.2) is 73.2 Å². The molecular formula is C27H26N4O4. The smallest absolute Gasteiger partial charge is 0.185 e. The van der Waals surface area contributed by atoms with Crippen LogP contribution >= 0.6 is 0 Å². The lowest BCUT2D eigenvalue weighted by Crippen LogP contribution is -2.08. The number of fused-ring (bicyclic) bond motifs is 2. The Morgan fingerprint density at radius 3 is 2.71 bits per heavy atom. The normalized spacial score (nSPS) is 11.3. The number of benzene rings is 2. The summed E-state index contributed by atoms with van der Waals surface area (Å²) in [6.45, 7) is 1.57. The first-order chi connectivity index (χ1) is 17.2. The maximum atomic E-state index is 13.2. The molecule has 0 radical (unpaired) electrons. The van der Waals surface area contributed by atoms with Gasteiger partial charge in [-0.3, -0.25) is 13.9 Å². The zero-order chi connectivity index (χ0) is 24.2. The summed E-state index contributed by atoms with van der Waals surface area (Å²) >= 11 is 0. The van der Waals surface area contributed by atoms with Crippen LogP contribution in [0, 0.1) is 0 Å². The summed E-state index contributed by atoms with van der Waals surface area (Å²) in [4.78, 5) is 17.6. The largest absolute Gasteiger partial charge is 0.497 e. The van der Waals surface area contributed by atoms with Gasteiger partial charge in [0.05, 0.1) is 38.2 Å². The number of nitrogens with zero attached hydrogens (tertiary/aromatic N) is 4. The molecule has 3 aromatic heterocycles. The van der Waals surface area contributed by atoms with Crippen LogP contribution in [0.1, 0.15) is 21.6 Å². The SMILES string of the molecule is COCCOc1ccn2c(C(=O)Cc3cccc4c3cnn4Cc3cccc(OC)c3)cnc2c1. The highest BCUT2D eigenvalue weighted by atomic mass is 16.5. The van der Waals surface area contributed by atoms with Crippen LogP contribution < -0.4 is 9.47 Å². The summed E-state index contributed by atoms with van der Waals surface area (Å²) in [5.41, 5.74) is 4.19. The molecule has 2 aromatic carbocycles. The number of pyridine rings is 1. The van der Waals surface area contributed by atoms with Gasteiger partial charge in [0.1, 0.15) is 29.4 Å². The zero-order valence-electron chi connectivity index (χ0n) is 19.7. The van der Waals surface area contributed by atoms with Crippen molar-refractivity contribution >= 4 is 22.3 Å². The second-order valence-electron chi connectivity index (χ2n) is 8.18. The summed E-state index contributed by atoms with van der Waals surface area (Å²) in [5.74, 6) is 1.48. The quantitative estimate of drug-likeness (QED) is 0.225. The molecule has 0 aliphatic rings. The zero-order valence-corrected chi connectivity index (χ0v) is 19.7. The Labute approximate surface area is 202 Å². The molecule has 3 heterocycles. The Hall–Kier alpha value is -4.17. The number of carbonyl (C=O) groups excluding carboxylic acids is 1. The van der Waals surface area contributed by atoms with Crippen LogP contribution in [0.3, 0.4) is 0 Å². The fraction of sp³-hybridized carbons (Fsp3) is 0.222. The Kier molecular flexibility index (Phi) is 6.45. The number of hydrogen-bond donors (Lipinski definition) is 0. The van der Waals surface area contributed by atoms with E-state index < -0.39 is 0 Å². The molecule has 5 rings (SSSR count). The number of aromatic nitrogens is 4. The number of ketones is 1. The number of rotatable bonds is 10. The highest BCUT2D eigenvalue weighted by Crippen LogP contribution is 2.23. The molecule has 0 fully saturated rings. The second kappa shape index (κ2) is 9.99. The Balaban J connectivity index is 1.36. The standard InChI is InChI=1S/C27H26N4O4/c1-33-11-12-35-22-9-10-30-25(17-28-27(30)15-22)26(32)14-20-6-4-8-24-23(20)16-29-31(24)18-19-5-3-7-21(13-19)34-2/h3-10,13,15-17H,11-12,14,18H2,1-2H3. The third-order valence-electron chi connectivity index (χ3n) is 5.92. The third kappa shape index (κ3) is 4.74. The predicted octanol–water partition coefficient (Wildman–Crippen LogP) is 4.19. The first kappa shape index (κ1) is 22.6. The number of ether oxygens (including phenoxy) is 3. The van der Waals surface area contributed by atoms with E-state index in [-0.39, 0.29) is 12.2 Å². The topological polar surface area (TPSA) is 79.9 Å². The van der Waals surface area contributed by atoms with Gasteiger partial charge in [-0.1, -0.05) is 24.3 Å². The fourth-order valence-electron chi connectivity index (χ4n) is 4.15. The molecule has 0 amide bonds. The number of carbonyl (C=O) groups is 1. The van der Waals surface area contributed by atoms with E-state index in [1.165, 1.54) is 0 Å². The van der Waals surface area contributed by atoms with Gasteiger partial charge < -0.3 is 14.2 Å². The van der Waals surface area contributed by atoms with Crippen molar-refractivity contribution < 1.29 is 19.0 Å². The minimum Gasteiger partial charge on any atom is -0.497 e. The molecule has 35 heavy (non-hydrogen) atoms. The molecule has 178 valence electrons. The molecule has 0 atom stereocenters. The number of hydrogen-bond acceptors (Lipinski definition) is 6. The molecule has 5 aromatic rings. The highest BCUT2D eigenvalue weighted by molar-refractivity contribution is 5.99. The van der Waals surface area contributed by atoms with E-state index in [9.17, 15) is 4.79 Å². The van der Waals surface area contributed by atoms with Crippen molar-refractivity contribution in [3.63, 3.8) is 0 Å². The maximum absolute atomic E-state index is 13.2. The van der Waals surface area contributed by atoms with Crippen molar-refractivity contribution in [3.05, 3.63) is 90.0 Å². The van der Waals surface area contributed by atoms with Crippen LogP contribution in [0.2, 0.25) is 0 Å². The molecule has 0 aliphatic carbocycles. The molecule has 0 saturated heterocycles. The van der Waals surface area contributed by atoms with E-state index in [0.29, 0.717) is 36.8 Å². The van der Waals surface area contributed by atoms with Crippen molar-refractivity contribution in [2.75, 3.05) is 27.4 Å². The van der Waals surface area contributed by atoms with E-state index in [2.05, 4.69) is 10.1 Å². The summed E-state index contributed by atoms with van der Waals surface area (Å²) in [6, 6.07) is 17.5. The van der Waals surface area contributed by atoms with Crippen LogP contribution in [0.4, 0.5) is 0 Å². The lowest BCUT2D eigenvalue weighted by molar-refractivity contribution is 0.0987. The molecule has 0 bridgehead atoms. The van der Waals surface area contributed by atoms with Gasteiger partial charge in [0.2, 0.25) is 0 Å². The summed E-state index contributed by atoms with van der Waals surface area (Å²) in [5, 5.41) is 5.56. The Morgan fingerprint density at radius 1 is 0.971 bits per heavy atom. The van der Waals surface area contributed by atoms with Crippen LogP contribution in [0.5, 0.6) is 11.5 Å². The first-order valence-electron chi connectivity index (χ1n) is 11.3. The predicted molar refractivity (Wildman–Crippen MR) is 132 cm³/mol. The minimum absolute atomic E-state index is 0.0152. The van der Waals surface area contributed by atoms with Crippen LogP contribution in [-0.4, -0.2) is 52.4 Å². The summed E-state index contributed by atoms with van der Waals surface area (Å²) in [7, 11) is 3.29. The average molecular weight is 471 g/mol. The summed E-state index contributed by atoms with van der Waals surface area (Å²) < 4.78 is 19.7. The van der Waals surface area contributed by atoms with Crippen molar-refractivity contribution in [2.24, 2.45) is 0 Å². The summed E-state index contributed by atoms with van der Waals surface area (Å²) in [6.07, 6.45) is 5.51. The van der Waals surface area contributed by atoms with Gasteiger partial charge in [0.25, 0.3) is 0 Å². The van der Waals surface area contributed by atoms with Crippen molar-refractivity contribution in [2.45, 2.75) is 13.0 Å². The van der Waals surface area contributed by atoms with Gasteiger partial charge in [-0.15, -0.1) is 0 Å². The van der Waals surface area contributed by atoms with Gasteiger partial charge in [-0.2, -0.15) is 5.10 Å². The molecule has 8 nitrogen and oxygen atoms in total. The first-order valence-corrected chi connectivity index (χ1v) is 11.3.